The zero-order valence-corrected chi connectivity index (χ0v) is 29.2. The van der Waals surface area contributed by atoms with E-state index in [2.05, 4.69) is 157 Å². The molecule has 0 aliphatic carbocycles. The van der Waals surface area contributed by atoms with Crippen LogP contribution in [-0.4, -0.2) is 24.1 Å². The first-order chi connectivity index (χ1) is 24.2. The maximum absolute atomic E-state index is 4.79. The monoisotopic (exact) mass is 647 g/mol. The lowest BCUT2D eigenvalue weighted by Gasteiger charge is -2.19. The number of hydrogen-bond donors (Lipinski definition) is 0. The normalized spacial score (nSPS) is 11.8. The number of aryl methyl sites for hydroxylation is 6. The van der Waals surface area contributed by atoms with E-state index in [1.807, 2.05) is 13.8 Å². The molecule has 242 valence electrons. The summed E-state index contributed by atoms with van der Waals surface area (Å²) in [6, 6.07) is 42.6. The topological polar surface area (TPSA) is 48.5 Å². The molecule has 0 spiro atoms. The average molecular weight is 648 g/mol. The maximum Gasteiger partial charge on any atom is 0.163 e. The minimum absolute atomic E-state index is 0.677. The molecule has 0 saturated heterocycles. The lowest BCUT2D eigenvalue weighted by molar-refractivity contribution is 0.928. The molecule has 9 rings (SSSR count). The molecule has 5 nitrogen and oxygen atoms in total. The van der Waals surface area contributed by atoms with Gasteiger partial charge in [-0.1, -0.05) is 64.7 Å². The van der Waals surface area contributed by atoms with E-state index in [0.29, 0.717) is 17.5 Å². The second-order valence-corrected chi connectivity index (χ2v) is 13.8. The fourth-order valence-corrected chi connectivity index (χ4v) is 7.75. The highest BCUT2D eigenvalue weighted by molar-refractivity contribution is 6.12. The summed E-state index contributed by atoms with van der Waals surface area (Å²) in [4.78, 5) is 14.0. The third-order valence-corrected chi connectivity index (χ3v) is 9.94. The second kappa shape index (κ2) is 11.2. The largest absolute Gasteiger partial charge is 0.309 e. The highest BCUT2D eigenvalue weighted by atomic mass is 15.0. The predicted molar refractivity (Wildman–Crippen MR) is 208 cm³/mol. The van der Waals surface area contributed by atoms with Gasteiger partial charge in [0.25, 0.3) is 0 Å². The van der Waals surface area contributed by atoms with E-state index in [-0.39, 0.29) is 0 Å². The summed E-state index contributed by atoms with van der Waals surface area (Å²) < 4.78 is 4.87. The van der Waals surface area contributed by atoms with E-state index in [0.717, 1.165) is 28.1 Å². The molecule has 0 aliphatic rings. The number of rotatable bonds is 4. The summed E-state index contributed by atoms with van der Waals surface area (Å²) in [5.74, 6) is 2.10. The number of para-hydroxylation sites is 1. The molecule has 9 aromatic rings. The standard InChI is InChI=1S/C45H37N5/c1-26-11-16-40-34(21-26)35-22-27(2)12-17-41(35)49(40)39-10-8-7-9-33(39)38-25-32(45-47-30(5)46-31(6)48-45)15-20-44(38)50-42-18-13-28(3)23-36(42)37-24-29(4)14-19-43(37)50/h7-25H,1-6H3. The van der Waals surface area contributed by atoms with Gasteiger partial charge in [-0.05, 0) is 114 Å². The number of fused-ring (bicyclic) bond motifs is 6. The summed E-state index contributed by atoms with van der Waals surface area (Å²) in [6.45, 7) is 12.5. The van der Waals surface area contributed by atoms with Crippen LogP contribution < -0.4 is 0 Å². The molecular formula is C45H37N5. The van der Waals surface area contributed by atoms with E-state index in [1.54, 1.807) is 0 Å². The molecule has 6 aromatic carbocycles. The van der Waals surface area contributed by atoms with E-state index < -0.39 is 0 Å². The SMILES string of the molecule is Cc1ccc2c(c1)c1cc(C)ccc1n2-c1ccccc1-c1cc(-c2nc(C)nc(C)n2)ccc1-n1c2ccc(C)cc2c2cc(C)ccc21. The Morgan fingerprint density at radius 3 is 1.26 bits per heavy atom. The molecular weight excluding hydrogens is 611 g/mol. The zero-order chi connectivity index (χ0) is 34.3. The number of benzene rings is 6. The van der Waals surface area contributed by atoms with E-state index in [1.165, 1.54) is 65.9 Å². The van der Waals surface area contributed by atoms with Gasteiger partial charge in [-0.25, -0.2) is 15.0 Å². The van der Waals surface area contributed by atoms with Crippen LogP contribution in [0.4, 0.5) is 0 Å². The summed E-state index contributed by atoms with van der Waals surface area (Å²) in [7, 11) is 0. The van der Waals surface area contributed by atoms with Crippen LogP contribution in [0.15, 0.2) is 115 Å². The fraction of sp³-hybridized carbons (Fsp3) is 0.133. The number of nitrogens with zero attached hydrogens (tertiary/aromatic N) is 5. The third-order valence-electron chi connectivity index (χ3n) is 9.94. The van der Waals surface area contributed by atoms with Crippen LogP contribution in [0.25, 0.3) is 77.5 Å². The molecule has 0 amide bonds. The van der Waals surface area contributed by atoms with Gasteiger partial charge in [0.1, 0.15) is 11.6 Å². The van der Waals surface area contributed by atoms with Gasteiger partial charge < -0.3 is 9.13 Å². The van der Waals surface area contributed by atoms with Gasteiger partial charge in [-0.2, -0.15) is 0 Å². The molecule has 0 fully saturated rings. The molecule has 50 heavy (non-hydrogen) atoms. The Bertz CT molecular complexity index is 2690. The van der Waals surface area contributed by atoms with Gasteiger partial charge in [0, 0.05) is 38.2 Å². The van der Waals surface area contributed by atoms with Crippen LogP contribution >= 0.6 is 0 Å². The van der Waals surface area contributed by atoms with Crippen molar-refractivity contribution >= 4 is 43.6 Å². The van der Waals surface area contributed by atoms with Crippen molar-refractivity contribution in [1.82, 2.24) is 24.1 Å². The maximum atomic E-state index is 4.79. The van der Waals surface area contributed by atoms with Crippen molar-refractivity contribution in [1.29, 1.82) is 0 Å². The van der Waals surface area contributed by atoms with Gasteiger partial charge in [-0.15, -0.1) is 0 Å². The van der Waals surface area contributed by atoms with Crippen LogP contribution in [0, 0.1) is 41.5 Å². The van der Waals surface area contributed by atoms with Gasteiger partial charge in [0.05, 0.1) is 33.4 Å². The Kier molecular flexibility index (Phi) is 6.75. The minimum Gasteiger partial charge on any atom is -0.309 e. The number of hydrogen-bond acceptors (Lipinski definition) is 3. The Morgan fingerprint density at radius 1 is 0.380 bits per heavy atom. The van der Waals surface area contributed by atoms with Crippen molar-refractivity contribution < 1.29 is 0 Å². The first-order valence-corrected chi connectivity index (χ1v) is 17.2. The van der Waals surface area contributed by atoms with Crippen LogP contribution in [-0.2, 0) is 0 Å². The summed E-state index contributed by atoms with van der Waals surface area (Å²) in [6.07, 6.45) is 0. The zero-order valence-electron chi connectivity index (χ0n) is 29.2. The molecule has 0 bridgehead atoms. The van der Waals surface area contributed by atoms with Crippen molar-refractivity contribution in [3.63, 3.8) is 0 Å². The number of aromatic nitrogens is 5. The molecule has 5 heteroatoms. The first kappa shape index (κ1) is 30.0. The Labute approximate surface area is 291 Å². The van der Waals surface area contributed by atoms with Crippen LogP contribution in [0.1, 0.15) is 33.9 Å². The molecule has 0 atom stereocenters. The fourth-order valence-electron chi connectivity index (χ4n) is 7.75. The quantitative estimate of drug-likeness (QED) is 0.191. The molecule has 3 heterocycles. The Hall–Kier alpha value is -6.07. The average Bonchev–Trinajstić information content (AvgIpc) is 3.58. The highest BCUT2D eigenvalue weighted by Gasteiger charge is 2.21. The van der Waals surface area contributed by atoms with Gasteiger partial charge in [-0.3, -0.25) is 0 Å². The molecule has 0 N–H and O–H groups in total. The summed E-state index contributed by atoms with van der Waals surface area (Å²) in [5, 5.41) is 5.03. The molecule has 3 aromatic heterocycles. The molecule has 0 saturated carbocycles. The minimum atomic E-state index is 0.677. The van der Waals surface area contributed by atoms with Gasteiger partial charge in [0.2, 0.25) is 0 Å². The van der Waals surface area contributed by atoms with Crippen molar-refractivity contribution in [3.8, 4) is 33.9 Å². The lowest BCUT2D eigenvalue weighted by atomic mass is 9.98. The van der Waals surface area contributed by atoms with E-state index >= 15 is 0 Å². The molecule has 0 unspecified atom stereocenters. The van der Waals surface area contributed by atoms with Crippen LogP contribution in [0.3, 0.4) is 0 Å². The van der Waals surface area contributed by atoms with Crippen LogP contribution in [0.5, 0.6) is 0 Å². The van der Waals surface area contributed by atoms with Crippen LogP contribution in [0.2, 0.25) is 0 Å². The summed E-state index contributed by atoms with van der Waals surface area (Å²) >= 11 is 0. The van der Waals surface area contributed by atoms with Crippen molar-refractivity contribution in [2.45, 2.75) is 41.5 Å². The molecule has 0 radical (unpaired) electrons. The predicted octanol–water partition coefficient (Wildman–Crippen LogP) is 11.3. The van der Waals surface area contributed by atoms with Crippen molar-refractivity contribution in [3.05, 3.63) is 149 Å². The highest BCUT2D eigenvalue weighted by Crippen LogP contribution is 2.42. The van der Waals surface area contributed by atoms with Gasteiger partial charge in [0.15, 0.2) is 5.82 Å². The Morgan fingerprint density at radius 2 is 0.800 bits per heavy atom. The van der Waals surface area contributed by atoms with Crippen molar-refractivity contribution in [2.24, 2.45) is 0 Å². The van der Waals surface area contributed by atoms with E-state index in [4.69, 9.17) is 9.97 Å². The van der Waals surface area contributed by atoms with Crippen molar-refractivity contribution in [2.75, 3.05) is 0 Å². The first-order valence-electron chi connectivity index (χ1n) is 17.2. The Balaban J connectivity index is 1.41. The smallest absolute Gasteiger partial charge is 0.163 e. The summed E-state index contributed by atoms with van der Waals surface area (Å²) in [5.41, 5.74) is 15.1. The third kappa shape index (κ3) is 4.72. The second-order valence-electron chi connectivity index (χ2n) is 13.8. The van der Waals surface area contributed by atoms with Gasteiger partial charge >= 0.3 is 0 Å². The van der Waals surface area contributed by atoms with E-state index in [9.17, 15) is 0 Å². The lowest BCUT2D eigenvalue weighted by Crippen LogP contribution is -2.03. The molecule has 0 aliphatic heterocycles.